The molecule has 92 valence electrons. The van der Waals surface area contributed by atoms with E-state index < -0.39 is 29.9 Å². The molecule has 0 saturated carbocycles. The molecule has 0 aromatic heterocycles. The minimum atomic E-state index is -5.00. The van der Waals surface area contributed by atoms with Gasteiger partial charge in [-0.25, -0.2) is 5.84 Å². The molecule has 0 aromatic carbocycles. The molecule has 16 heavy (non-hydrogen) atoms. The van der Waals surface area contributed by atoms with Gasteiger partial charge in [0.2, 0.25) is 5.91 Å². The van der Waals surface area contributed by atoms with Crippen molar-refractivity contribution in [2.75, 3.05) is 6.61 Å². The van der Waals surface area contributed by atoms with Gasteiger partial charge in [-0.05, 0) is 12.8 Å². The summed E-state index contributed by atoms with van der Waals surface area (Å²) in [5.74, 6) is 0.795. The van der Waals surface area contributed by atoms with Crippen molar-refractivity contribution < 1.29 is 27.5 Å². The topological polar surface area (TPSA) is 81.4 Å². The lowest BCUT2D eigenvalue weighted by atomic mass is 9.90. The monoisotopic (exact) mass is 240 g/mol. The minimum absolute atomic E-state index is 0.0286. The van der Waals surface area contributed by atoms with E-state index in [0.717, 1.165) is 0 Å². The molecule has 0 spiro atoms. The van der Waals surface area contributed by atoms with Crippen LogP contribution >= 0.6 is 0 Å². The van der Waals surface area contributed by atoms with Gasteiger partial charge in [0, 0.05) is 6.61 Å². The molecule has 0 bridgehead atoms. The van der Waals surface area contributed by atoms with Crippen LogP contribution in [0.1, 0.15) is 12.8 Å². The second-order valence-corrected chi connectivity index (χ2v) is 3.41. The number of carbonyl (C=O) groups excluding carboxylic acids is 2. The molecular formula is C8H11F3N2O3. The molecule has 1 aliphatic rings. The fraction of sp³-hybridized carbons (Fsp3) is 0.750. The summed E-state index contributed by atoms with van der Waals surface area (Å²) in [5.41, 5.74) is 1.73. The second-order valence-electron chi connectivity index (χ2n) is 3.41. The van der Waals surface area contributed by atoms with Crippen LogP contribution < -0.4 is 11.3 Å². The molecule has 2 atom stereocenters. The Labute approximate surface area is 89.1 Å². The molecule has 0 aromatic rings. The third kappa shape index (κ3) is 2.70. The van der Waals surface area contributed by atoms with Crippen molar-refractivity contribution >= 4 is 11.7 Å². The summed E-state index contributed by atoms with van der Waals surface area (Å²) in [5, 5.41) is 0. The molecule has 1 rings (SSSR count). The number of hydrazine groups is 1. The highest BCUT2D eigenvalue weighted by Gasteiger charge is 2.49. The van der Waals surface area contributed by atoms with Crippen LogP contribution in [0.25, 0.3) is 0 Å². The van der Waals surface area contributed by atoms with Crippen molar-refractivity contribution in [3.8, 4) is 0 Å². The second kappa shape index (κ2) is 4.79. The average Bonchev–Trinajstić information content (AvgIpc) is 2.25. The van der Waals surface area contributed by atoms with E-state index in [9.17, 15) is 22.8 Å². The molecular weight excluding hydrogens is 229 g/mol. The van der Waals surface area contributed by atoms with Gasteiger partial charge in [-0.1, -0.05) is 0 Å². The Bertz CT molecular complexity index is 293. The van der Waals surface area contributed by atoms with Gasteiger partial charge in [0.15, 0.2) is 0 Å². The van der Waals surface area contributed by atoms with E-state index in [4.69, 9.17) is 10.6 Å². The van der Waals surface area contributed by atoms with E-state index in [1.165, 1.54) is 0 Å². The van der Waals surface area contributed by atoms with E-state index in [1.807, 2.05) is 0 Å². The Morgan fingerprint density at radius 1 is 1.38 bits per heavy atom. The molecule has 1 aliphatic heterocycles. The zero-order valence-electron chi connectivity index (χ0n) is 8.21. The number of nitrogens with one attached hydrogen (secondary N) is 1. The molecule has 2 unspecified atom stereocenters. The number of ether oxygens (including phenoxy) is 1. The summed E-state index contributed by atoms with van der Waals surface area (Å²) in [6.45, 7) is 0.0286. The Morgan fingerprint density at radius 2 is 2.00 bits per heavy atom. The maximum Gasteiger partial charge on any atom is 0.452 e. The first-order valence-corrected chi connectivity index (χ1v) is 4.61. The summed E-state index contributed by atoms with van der Waals surface area (Å²) in [6.07, 6.45) is -6.22. The highest BCUT2D eigenvalue weighted by atomic mass is 19.4. The van der Waals surface area contributed by atoms with E-state index in [-0.39, 0.29) is 13.0 Å². The third-order valence-corrected chi connectivity index (χ3v) is 2.34. The molecule has 1 saturated heterocycles. The quantitative estimate of drug-likeness (QED) is 0.401. The van der Waals surface area contributed by atoms with Crippen molar-refractivity contribution in [3.63, 3.8) is 0 Å². The molecule has 3 N–H and O–H groups in total. The predicted molar refractivity (Wildman–Crippen MR) is 45.9 cm³/mol. The molecule has 0 aliphatic carbocycles. The van der Waals surface area contributed by atoms with Crippen LogP contribution in [0.2, 0.25) is 0 Å². The number of amides is 1. The van der Waals surface area contributed by atoms with Crippen molar-refractivity contribution in [3.05, 3.63) is 0 Å². The lowest BCUT2D eigenvalue weighted by molar-refractivity contribution is -0.189. The maximum atomic E-state index is 12.2. The van der Waals surface area contributed by atoms with E-state index in [1.54, 1.807) is 5.43 Å². The van der Waals surface area contributed by atoms with Gasteiger partial charge < -0.3 is 4.74 Å². The molecule has 1 amide bonds. The van der Waals surface area contributed by atoms with E-state index in [2.05, 4.69) is 0 Å². The highest BCUT2D eigenvalue weighted by Crippen LogP contribution is 2.28. The Hall–Kier alpha value is -1.15. The van der Waals surface area contributed by atoms with Crippen LogP contribution in [0.3, 0.4) is 0 Å². The zero-order chi connectivity index (χ0) is 12.3. The van der Waals surface area contributed by atoms with Crippen LogP contribution in [-0.4, -0.2) is 30.6 Å². The summed E-state index contributed by atoms with van der Waals surface area (Å²) in [6, 6.07) is 0. The largest absolute Gasteiger partial charge is 0.452 e. The van der Waals surface area contributed by atoms with Gasteiger partial charge in [0.1, 0.15) is 6.10 Å². The van der Waals surface area contributed by atoms with Gasteiger partial charge >= 0.3 is 6.18 Å². The molecule has 1 fully saturated rings. The summed E-state index contributed by atoms with van der Waals surface area (Å²) >= 11 is 0. The lowest BCUT2D eigenvalue weighted by Crippen LogP contribution is -2.50. The fourth-order valence-corrected chi connectivity index (χ4v) is 1.58. The van der Waals surface area contributed by atoms with Gasteiger partial charge in [-0.2, -0.15) is 13.2 Å². The van der Waals surface area contributed by atoms with Crippen molar-refractivity contribution in [1.82, 2.24) is 5.43 Å². The van der Waals surface area contributed by atoms with E-state index in [0.29, 0.717) is 6.42 Å². The number of halogens is 3. The smallest absolute Gasteiger partial charge is 0.369 e. The van der Waals surface area contributed by atoms with E-state index >= 15 is 0 Å². The third-order valence-electron chi connectivity index (χ3n) is 2.34. The first-order chi connectivity index (χ1) is 7.38. The standard InChI is InChI=1S/C8H11F3N2O3/c9-8(10,11)6(14)5-4(7(15)13-12)2-1-3-16-5/h4-5H,1-3,12H2,(H,13,15). The number of carbonyl (C=O) groups is 2. The molecule has 8 heteroatoms. The maximum absolute atomic E-state index is 12.2. The number of nitrogens with two attached hydrogens (primary N) is 1. The predicted octanol–water partition coefficient (Wildman–Crippen LogP) is -0.0971. The number of rotatable bonds is 2. The molecule has 1 heterocycles. The first-order valence-electron chi connectivity index (χ1n) is 4.61. The fourth-order valence-electron chi connectivity index (χ4n) is 1.58. The Kier molecular flexibility index (Phi) is 3.87. The number of hydrogen-bond donors (Lipinski definition) is 2. The Morgan fingerprint density at radius 3 is 2.50 bits per heavy atom. The first kappa shape index (κ1) is 12.9. The van der Waals surface area contributed by atoms with Gasteiger partial charge in [-0.3, -0.25) is 15.0 Å². The molecule has 5 nitrogen and oxygen atoms in total. The number of hydrogen-bond acceptors (Lipinski definition) is 4. The zero-order valence-corrected chi connectivity index (χ0v) is 8.21. The van der Waals surface area contributed by atoms with Crippen LogP contribution in [0, 0.1) is 5.92 Å². The SMILES string of the molecule is NNC(=O)C1CCCOC1C(=O)C(F)(F)F. The van der Waals surface area contributed by atoms with Crippen molar-refractivity contribution in [2.45, 2.75) is 25.1 Å². The summed E-state index contributed by atoms with van der Waals surface area (Å²) in [7, 11) is 0. The van der Waals surface area contributed by atoms with Gasteiger partial charge in [0.25, 0.3) is 5.78 Å². The van der Waals surface area contributed by atoms with Crippen LogP contribution in [-0.2, 0) is 14.3 Å². The van der Waals surface area contributed by atoms with Gasteiger partial charge in [-0.15, -0.1) is 0 Å². The Balaban J connectivity index is 2.82. The van der Waals surface area contributed by atoms with Crippen molar-refractivity contribution in [2.24, 2.45) is 11.8 Å². The number of ketones is 1. The average molecular weight is 240 g/mol. The van der Waals surface area contributed by atoms with Crippen molar-refractivity contribution in [1.29, 1.82) is 0 Å². The summed E-state index contributed by atoms with van der Waals surface area (Å²) in [4.78, 5) is 22.2. The van der Waals surface area contributed by atoms with Gasteiger partial charge in [0.05, 0.1) is 5.92 Å². The number of alkyl halides is 3. The lowest BCUT2D eigenvalue weighted by Gasteiger charge is -2.29. The van der Waals surface area contributed by atoms with Crippen LogP contribution in [0.4, 0.5) is 13.2 Å². The summed E-state index contributed by atoms with van der Waals surface area (Å²) < 4.78 is 41.3. The number of Topliss-reactive ketones (excluding diaryl/α,β-unsaturated/α-hetero) is 1. The van der Waals surface area contributed by atoms with Crippen LogP contribution in [0.5, 0.6) is 0 Å². The normalized spacial score (nSPS) is 26.2. The highest BCUT2D eigenvalue weighted by molar-refractivity contribution is 5.93. The minimum Gasteiger partial charge on any atom is -0.369 e. The molecule has 0 radical (unpaired) electrons. The van der Waals surface area contributed by atoms with Crippen LogP contribution in [0.15, 0.2) is 0 Å².